The molecular weight excluding hydrogens is 322 g/mol. The number of anilines is 1. The number of rotatable bonds is 3. The third kappa shape index (κ3) is 2.75. The van der Waals surface area contributed by atoms with Crippen molar-refractivity contribution >= 4 is 28.8 Å². The lowest BCUT2D eigenvalue weighted by Gasteiger charge is -2.18. The molecule has 0 saturated carbocycles. The van der Waals surface area contributed by atoms with Crippen LogP contribution in [-0.4, -0.2) is 22.0 Å². The number of benzene rings is 2. The van der Waals surface area contributed by atoms with Gasteiger partial charge in [-0.15, -0.1) is 5.73 Å². The molecule has 0 aliphatic carbocycles. The van der Waals surface area contributed by atoms with E-state index in [4.69, 9.17) is 4.98 Å². The molecule has 4 nitrogen and oxygen atoms in total. The molecule has 0 spiro atoms. The van der Waals surface area contributed by atoms with Crippen molar-refractivity contribution in [1.29, 1.82) is 0 Å². The molecule has 1 aromatic heterocycles. The van der Waals surface area contributed by atoms with Gasteiger partial charge >= 0.3 is 0 Å². The van der Waals surface area contributed by atoms with Crippen LogP contribution in [0.5, 0.6) is 0 Å². The summed E-state index contributed by atoms with van der Waals surface area (Å²) in [5, 5.41) is 0. The highest BCUT2D eigenvalue weighted by atomic mass is 16.2. The average Bonchev–Trinajstić information content (AvgIpc) is 3.15. The number of aryl methyl sites for hydroxylation is 2. The number of nitrogens with zero attached hydrogens (tertiary/aromatic N) is 3. The summed E-state index contributed by atoms with van der Waals surface area (Å²) >= 11 is 0. The molecular formula is C22H21N3O. The van der Waals surface area contributed by atoms with E-state index in [0.29, 0.717) is 13.0 Å². The monoisotopic (exact) mass is 343 g/mol. The molecule has 0 unspecified atom stereocenters. The zero-order valence-electron chi connectivity index (χ0n) is 15.1. The highest BCUT2D eigenvalue weighted by Crippen LogP contribution is 2.34. The number of hydrogen-bond donors (Lipinski definition) is 0. The van der Waals surface area contributed by atoms with E-state index in [1.54, 1.807) is 6.20 Å². The van der Waals surface area contributed by atoms with Gasteiger partial charge in [0.25, 0.3) is 0 Å². The second-order valence-corrected chi connectivity index (χ2v) is 6.91. The maximum atomic E-state index is 12.7. The van der Waals surface area contributed by atoms with Gasteiger partial charge in [-0.2, -0.15) is 0 Å². The Morgan fingerprint density at radius 3 is 2.65 bits per heavy atom. The van der Waals surface area contributed by atoms with Crippen molar-refractivity contribution in [2.24, 2.45) is 0 Å². The van der Waals surface area contributed by atoms with Gasteiger partial charge in [0.2, 0.25) is 5.91 Å². The van der Waals surface area contributed by atoms with Gasteiger partial charge in [-0.1, -0.05) is 24.8 Å². The molecule has 0 bridgehead atoms. The first-order valence-corrected chi connectivity index (χ1v) is 8.78. The summed E-state index contributed by atoms with van der Waals surface area (Å²) in [6.07, 6.45) is 2.26. The number of fused-ring (bicyclic) bond motifs is 1. The molecule has 2 heterocycles. The minimum Gasteiger partial charge on any atom is -0.312 e. The van der Waals surface area contributed by atoms with Crippen LogP contribution in [0.2, 0.25) is 0 Å². The summed E-state index contributed by atoms with van der Waals surface area (Å²) < 4.78 is 2.01. The van der Waals surface area contributed by atoms with E-state index in [9.17, 15) is 4.79 Å². The number of carbonyl (C=O) groups is 1. The maximum Gasteiger partial charge on any atom is 0.227 e. The number of aromatic nitrogens is 2. The molecule has 0 radical (unpaired) electrons. The van der Waals surface area contributed by atoms with Gasteiger partial charge in [-0.3, -0.25) is 9.36 Å². The van der Waals surface area contributed by atoms with Gasteiger partial charge in [0.05, 0.1) is 17.2 Å². The van der Waals surface area contributed by atoms with Crippen molar-refractivity contribution in [2.45, 2.75) is 26.2 Å². The van der Waals surface area contributed by atoms with Crippen molar-refractivity contribution in [2.75, 3.05) is 11.4 Å². The van der Waals surface area contributed by atoms with Gasteiger partial charge < -0.3 is 4.90 Å². The summed E-state index contributed by atoms with van der Waals surface area (Å²) in [5.74, 6) is 1.07. The fraction of sp³-hybridized carbons (Fsp3) is 0.227. The second-order valence-electron chi connectivity index (χ2n) is 6.91. The predicted octanol–water partition coefficient (Wildman–Crippen LogP) is 4.43. The molecule has 3 aromatic rings. The lowest BCUT2D eigenvalue weighted by atomic mass is 10.1. The number of hydrogen-bond acceptors (Lipinski definition) is 2. The van der Waals surface area contributed by atoms with Crippen molar-refractivity contribution in [3.05, 3.63) is 71.7 Å². The number of para-hydroxylation sites is 2. The smallest absolute Gasteiger partial charge is 0.227 e. The molecule has 1 fully saturated rings. The van der Waals surface area contributed by atoms with E-state index in [1.165, 1.54) is 0 Å². The lowest BCUT2D eigenvalue weighted by Crippen LogP contribution is -2.24. The van der Waals surface area contributed by atoms with Crippen LogP contribution in [0.15, 0.2) is 54.8 Å². The van der Waals surface area contributed by atoms with Gasteiger partial charge in [0, 0.05) is 24.6 Å². The Balaban J connectivity index is 1.74. The lowest BCUT2D eigenvalue weighted by molar-refractivity contribution is -0.117. The molecule has 130 valence electrons. The molecule has 1 aliphatic heterocycles. The van der Waals surface area contributed by atoms with Gasteiger partial charge in [-0.25, -0.2) is 4.98 Å². The summed E-state index contributed by atoms with van der Waals surface area (Å²) in [4.78, 5) is 19.4. The number of carbonyl (C=O) groups excluding carboxylic acids is 1. The van der Waals surface area contributed by atoms with E-state index in [1.807, 2.05) is 33.7 Å². The second kappa shape index (κ2) is 6.32. The van der Waals surface area contributed by atoms with E-state index in [2.05, 4.69) is 44.4 Å². The van der Waals surface area contributed by atoms with Crippen molar-refractivity contribution in [1.82, 2.24) is 9.55 Å². The van der Waals surface area contributed by atoms with Crippen LogP contribution in [0.4, 0.5) is 5.69 Å². The Kier molecular flexibility index (Phi) is 3.98. The fourth-order valence-corrected chi connectivity index (χ4v) is 3.81. The third-order valence-electron chi connectivity index (χ3n) is 4.85. The van der Waals surface area contributed by atoms with Crippen LogP contribution in [0.1, 0.15) is 29.3 Å². The highest BCUT2D eigenvalue weighted by molar-refractivity contribution is 5.96. The Labute approximate surface area is 153 Å². The molecule has 26 heavy (non-hydrogen) atoms. The summed E-state index contributed by atoms with van der Waals surface area (Å²) in [6, 6.07) is 14.2. The normalized spacial score (nSPS) is 16.9. The number of amides is 1. The molecule has 0 N–H and O–H groups in total. The minimum absolute atomic E-state index is 0.0420. The van der Waals surface area contributed by atoms with E-state index < -0.39 is 0 Å². The predicted molar refractivity (Wildman–Crippen MR) is 105 cm³/mol. The van der Waals surface area contributed by atoms with Crippen LogP contribution < -0.4 is 4.90 Å². The van der Waals surface area contributed by atoms with Gasteiger partial charge in [0.1, 0.15) is 5.82 Å². The molecule has 4 rings (SSSR count). The molecule has 4 heteroatoms. The topological polar surface area (TPSA) is 38.1 Å². The molecule has 1 atom stereocenters. The molecule has 1 amide bonds. The Hall–Kier alpha value is -3.10. The standard InChI is InChI=1S/C22H21N3O/c1-4-9-24-20-8-6-5-7-19(20)23-22(24)17-13-21(26)25(14-17)18-11-15(2)10-16(3)12-18/h5-12,17H,1,13-14H2,2-3H3/t17-/m1/s1. The third-order valence-corrected chi connectivity index (χ3v) is 4.85. The Bertz CT molecular complexity index is 1040. The van der Waals surface area contributed by atoms with Crippen molar-refractivity contribution < 1.29 is 4.79 Å². The molecule has 1 saturated heterocycles. The van der Waals surface area contributed by atoms with Crippen LogP contribution in [0, 0.1) is 13.8 Å². The highest BCUT2D eigenvalue weighted by Gasteiger charge is 2.34. The van der Waals surface area contributed by atoms with Gasteiger partial charge in [0.15, 0.2) is 0 Å². The minimum atomic E-state index is 0.0420. The van der Waals surface area contributed by atoms with Crippen LogP contribution in [-0.2, 0) is 4.79 Å². The maximum absolute atomic E-state index is 12.7. The number of imidazole rings is 1. The first-order chi connectivity index (χ1) is 12.6. The Morgan fingerprint density at radius 1 is 1.19 bits per heavy atom. The van der Waals surface area contributed by atoms with E-state index >= 15 is 0 Å². The van der Waals surface area contributed by atoms with Crippen LogP contribution >= 0.6 is 0 Å². The van der Waals surface area contributed by atoms with Crippen molar-refractivity contribution in [3.63, 3.8) is 0 Å². The van der Waals surface area contributed by atoms with Crippen LogP contribution in [0.25, 0.3) is 17.2 Å². The van der Waals surface area contributed by atoms with Crippen molar-refractivity contribution in [3.8, 4) is 0 Å². The first-order valence-electron chi connectivity index (χ1n) is 8.78. The largest absolute Gasteiger partial charge is 0.312 e. The summed E-state index contributed by atoms with van der Waals surface area (Å²) in [6.45, 7) is 8.45. The summed E-state index contributed by atoms with van der Waals surface area (Å²) in [5.41, 5.74) is 8.08. The zero-order chi connectivity index (χ0) is 18.3. The first kappa shape index (κ1) is 16.4. The van der Waals surface area contributed by atoms with Gasteiger partial charge in [-0.05, 0) is 49.2 Å². The zero-order valence-corrected chi connectivity index (χ0v) is 15.1. The van der Waals surface area contributed by atoms with Crippen LogP contribution in [0.3, 0.4) is 0 Å². The molecule has 1 aliphatic rings. The average molecular weight is 343 g/mol. The SMILES string of the molecule is C=C=Cn1c([C@@H]2CC(=O)N(c3cc(C)cc(C)c3)C2)nc2ccccc21. The Morgan fingerprint density at radius 2 is 1.92 bits per heavy atom. The van der Waals surface area contributed by atoms with E-state index in [-0.39, 0.29) is 11.8 Å². The quantitative estimate of drug-likeness (QED) is 0.660. The molecule has 2 aromatic carbocycles. The summed E-state index contributed by atoms with van der Waals surface area (Å²) in [7, 11) is 0. The fourth-order valence-electron chi connectivity index (χ4n) is 3.81. The van der Waals surface area contributed by atoms with E-state index in [0.717, 1.165) is 33.7 Å².